The van der Waals surface area contributed by atoms with E-state index in [2.05, 4.69) is 15.4 Å². The first kappa shape index (κ1) is 27.6. The number of rotatable bonds is 9. The molecule has 8 nitrogen and oxygen atoms in total. The fraction of sp³-hybridized carbons (Fsp3) is 0.417. The van der Waals surface area contributed by atoms with E-state index in [1.165, 1.54) is 35.4 Å². The van der Waals surface area contributed by atoms with Gasteiger partial charge in [-0.2, -0.15) is 18.3 Å². The number of halogens is 5. The molecule has 14 heteroatoms. The number of carbonyl (C=O) groups excluding carboxylic acids is 1. The van der Waals surface area contributed by atoms with Crippen molar-refractivity contribution in [3.8, 4) is 16.4 Å². The maximum Gasteiger partial charge on any atom is 0.418 e. The lowest BCUT2D eigenvalue weighted by atomic mass is 10.1. The molecule has 0 radical (unpaired) electrons. The summed E-state index contributed by atoms with van der Waals surface area (Å²) in [7, 11) is 0. The molecule has 38 heavy (non-hydrogen) atoms. The lowest BCUT2D eigenvalue weighted by Gasteiger charge is -2.33. The number of aliphatic carboxylic acids is 1. The van der Waals surface area contributed by atoms with Crippen LogP contribution in [0.15, 0.2) is 41.9 Å². The van der Waals surface area contributed by atoms with E-state index in [4.69, 9.17) is 0 Å². The number of para-hydroxylation sites is 1. The average Bonchev–Trinajstić information content (AvgIpc) is 3.51. The lowest BCUT2D eigenvalue weighted by Crippen LogP contribution is -2.45. The second-order valence-electron chi connectivity index (χ2n) is 8.97. The molecule has 2 aromatic heterocycles. The van der Waals surface area contributed by atoms with Gasteiger partial charge in [0, 0.05) is 36.7 Å². The zero-order chi connectivity index (χ0) is 27.5. The molecule has 204 valence electrons. The highest BCUT2D eigenvalue weighted by Crippen LogP contribution is 2.36. The highest BCUT2D eigenvalue weighted by molar-refractivity contribution is 7.13. The summed E-state index contributed by atoms with van der Waals surface area (Å²) in [5, 5.41) is 17.9. The summed E-state index contributed by atoms with van der Waals surface area (Å²) in [6.07, 6.45) is -3.51. The summed E-state index contributed by atoms with van der Waals surface area (Å²) in [6.45, 7) is 0.135. The summed E-state index contributed by atoms with van der Waals surface area (Å²) >= 11 is 1.14. The van der Waals surface area contributed by atoms with Crippen LogP contribution < -0.4 is 5.32 Å². The molecular weight excluding hydrogens is 533 g/mol. The zero-order valence-corrected chi connectivity index (χ0v) is 20.7. The Kier molecular flexibility index (Phi) is 8.11. The van der Waals surface area contributed by atoms with Crippen LogP contribution in [0.2, 0.25) is 0 Å². The van der Waals surface area contributed by atoms with E-state index in [0.29, 0.717) is 18.0 Å². The minimum atomic E-state index is -4.69. The zero-order valence-electron chi connectivity index (χ0n) is 19.9. The molecule has 1 amide bonds. The largest absolute Gasteiger partial charge is 0.481 e. The van der Waals surface area contributed by atoms with Crippen molar-refractivity contribution in [3.05, 3.63) is 53.2 Å². The number of aromatic nitrogens is 3. The van der Waals surface area contributed by atoms with Gasteiger partial charge in [0.25, 0.3) is 11.8 Å². The Balaban J connectivity index is 1.59. The van der Waals surface area contributed by atoms with Gasteiger partial charge in [0.1, 0.15) is 10.7 Å². The van der Waals surface area contributed by atoms with Gasteiger partial charge >= 0.3 is 12.1 Å². The lowest BCUT2D eigenvalue weighted by molar-refractivity contribution is -0.138. The first-order valence-electron chi connectivity index (χ1n) is 11.7. The van der Waals surface area contributed by atoms with Crippen LogP contribution in [0.25, 0.3) is 16.4 Å². The third kappa shape index (κ3) is 6.72. The third-order valence-corrected chi connectivity index (χ3v) is 6.85. The Hall–Kier alpha value is -3.39. The molecule has 0 spiro atoms. The van der Waals surface area contributed by atoms with Crippen LogP contribution in [0.3, 0.4) is 0 Å². The van der Waals surface area contributed by atoms with E-state index >= 15 is 0 Å². The van der Waals surface area contributed by atoms with Crippen LogP contribution in [0.1, 0.15) is 41.7 Å². The van der Waals surface area contributed by atoms with Crippen molar-refractivity contribution in [1.29, 1.82) is 0 Å². The number of carboxylic acid groups (broad SMARTS) is 1. The molecule has 1 aromatic carbocycles. The van der Waals surface area contributed by atoms with Crippen molar-refractivity contribution in [2.24, 2.45) is 0 Å². The molecule has 1 aliphatic heterocycles. The van der Waals surface area contributed by atoms with E-state index in [0.717, 1.165) is 22.1 Å². The number of nitrogens with one attached hydrogen (secondary N) is 1. The summed E-state index contributed by atoms with van der Waals surface area (Å²) in [6, 6.07) is 5.13. The first-order valence-corrected chi connectivity index (χ1v) is 12.6. The molecule has 0 bridgehead atoms. The predicted octanol–water partition coefficient (Wildman–Crippen LogP) is 4.71. The quantitative estimate of drug-likeness (QED) is 0.370. The molecule has 2 N–H and O–H groups in total. The normalized spacial score (nSPS) is 16.8. The Morgan fingerprint density at radius 1 is 1.24 bits per heavy atom. The Bertz CT molecular complexity index is 1280. The molecular formula is C24H24F5N5O3S. The second-order valence-corrected chi connectivity index (χ2v) is 9.87. The summed E-state index contributed by atoms with van der Waals surface area (Å²) in [4.78, 5) is 30.1. The minimum absolute atomic E-state index is 0.0884. The third-order valence-electron chi connectivity index (χ3n) is 6.05. The molecule has 3 aromatic rings. The maximum absolute atomic E-state index is 13.7. The van der Waals surface area contributed by atoms with Gasteiger partial charge in [-0.15, -0.1) is 11.3 Å². The topological polar surface area (TPSA) is 100 Å². The van der Waals surface area contributed by atoms with E-state index in [9.17, 15) is 36.6 Å². The number of carboxylic acids is 1. The van der Waals surface area contributed by atoms with Crippen LogP contribution in [-0.4, -0.2) is 68.2 Å². The fourth-order valence-electron chi connectivity index (χ4n) is 4.35. The van der Waals surface area contributed by atoms with Gasteiger partial charge in [-0.25, -0.2) is 18.4 Å². The Labute approximate surface area is 218 Å². The SMILES string of the molecule is O=C(O)CC(CCN1CCCC(F)(F)C1)NC(=O)c1cc(-c2nccs2)n(-c2ccccc2C(F)(F)F)n1. The summed E-state index contributed by atoms with van der Waals surface area (Å²) in [5.41, 5.74) is -1.37. The summed E-state index contributed by atoms with van der Waals surface area (Å²) < 4.78 is 69.6. The smallest absolute Gasteiger partial charge is 0.418 e. The predicted molar refractivity (Wildman–Crippen MR) is 128 cm³/mol. The number of hydrogen-bond donors (Lipinski definition) is 2. The van der Waals surface area contributed by atoms with Gasteiger partial charge in [0.2, 0.25) is 0 Å². The van der Waals surface area contributed by atoms with Crippen molar-refractivity contribution >= 4 is 23.2 Å². The van der Waals surface area contributed by atoms with E-state index in [1.54, 1.807) is 5.38 Å². The van der Waals surface area contributed by atoms with Crippen LogP contribution >= 0.6 is 11.3 Å². The number of hydrogen-bond acceptors (Lipinski definition) is 6. The highest BCUT2D eigenvalue weighted by atomic mass is 32.1. The van der Waals surface area contributed by atoms with Crippen molar-refractivity contribution in [3.63, 3.8) is 0 Å². The molecule has 1 fully saturated rings. The van der Waals surface area contributed by atoms with E-state index < -0.39 is 48.5 Å². The van der Waals surface area contributed by atoms with Gasteiger partial charge in [0.15, 0.2) is 5.69 Å². The van der Waals surface area contributed by atoms with Crippen molar-refractivity contribution in [2.45, 2.75) is 43.8 Å². The number of amides is 1. The fourth-order valence-corrected chi connectivity index (χ4v) is 4.99. The molecule has 0 aliphatic carbocycles. The van der Waals surface area contributed by atoms with Gasteiger partial charge in [-0.1, -0.05) is 12.1 Å². The van der Waals surface area contributed by atoms with Gasteiger partial charge < -0.3 is 10.4 Å². The number of benzene rings is 1. The van der Waals surface area contributed by atoms with Crippen LogP contribution in [0.4, 0.5) is 22.0 Å². The molecule has 1 saturated heterocycles. The van der Waals surface area contributed by atoms with Crippen molar-refractivity contribution in [1.82, 2.24) is 25.0 Å². The van der Waals surface area contributed by atoms with Crippen LogP contribution in [0.5, 0.6) is 0 Å². The van der Waals surface area contributed by atoms with E-state index in [-0.39, 0.29) is 36.5 Å². The first-order chi connectivity index (χ1) is 17.9. The number of carbonyl (C=O) groups is 2. The molecule has 1 atom stereocenters. The average molecular weight is 558 g/mol. The van der Waals surface area contributed by atoms with Crippen LogP contribution in [0, 0.1) is 0 Å². The molecule has 0 saturated carbocycles. The molecule has 3 heterocycles. The Morgan fingerprint density at radius 3 is 2.66 bits per heavy atom. The minimum Gasteiger partial charge on any atom is -0.481 e. The number of piperidine rings is 1. The highest BCUT2D eigenvalue weighted by Gasteiger charge is 2.36. The van der Waals surface area contributed by atoms with Gasteiger partial charge in [0.05, 0.1) is 24.2 Å². The number of alkyl halides is 5. The van der Waals surface area contributed by atoms with Gasteiger partial charge in [-0.3, -0.25) is 14.5 Å². The molecule has 4 rings (SSSR count). The van der Waals surface area contributed by atoms with Gasteiger partial charge in [-0.05, 0) is 31.5 Å². The Morgan fingerprint density at radius 2 is 2.00 bits per heavy atom. The van der Waals surface area contributed by atoms with Crippen LogP contribution in [-0.2, 0) is 11.0 Å². The monoisotopic (exact) mass is 557 g/mol. The standard InChI is InChI=1S/C24H24F5N5O3S/c25-23(26)7-3-9-33(14-23)10-6-15(12-20(35)36)31-21(37)17-13-19(22-30-8-11-38-22)34(32-17)18-5-2-1-4-16(18)24(27,28)29/h1-2,4-5,8,11,13,15H,3,6-7,9-10,12,14H2,(H,31,37)(H,35,36). The number of thiazole rings is 1. The van der Waals surface area contributed by atoms with E-state index in [1.807, 2.05) is 0 Å². The molecule has 1 aliphatic rings. The maximum atomic E-state index is 13.7. The van der Waals surface area contributed by atoms with Crippen molar-refractivity contribution in [2.75, 3.05) is 19.6 Å². The molecule has 1 unspecified atom stereocenters. The second kappa shape index (κ2) is 11.2. The summed E-state index contributed by atoms with van der Waals surface area (Å²) in [5.74, 6) is -4.83. The number of nitrogens with zero attached hydrogens (tertiary/aromatic N) is 4. The van der Waals surface area contributed by atoms with Crippen molar-refractivity contribution < 1.29 is 36.6 Å². The number of likely N-dealkylation sites (tertiary alicyclic amines) is 1.